The number of methoxy groups -OCH3 is 2. The first-order chi connectivity index (χ1) is 28.4. The fourth-order valence-electron chi connectivity index (χ4n) is 9.41. The number of hydrogen-bond acceptors (Lipinski definition) is 11. The maximum Gasteiger partial charge on any atom is 0.307 e. The van der Waals surface area contributed by atoms with E-state index in [2.05, 4.69) is 13.8 Å². The van der Waals surface area contributed by atoms with Crippen molar-refractivity contribution in [3.8, 4) is 0 Å². The van der Waals surface area contributed by atoms with Gasteiger partial charge in [0.25, 0.3) is 0 Å². The SMILES string of the molecule is CC[C@H](C)[C@@H]([C@@H](CC(O)N1CCC[C@H]1C(OC)[C@@H](C)C(=O)C[C@@H](Cc1ccccc1)C(=O)O)OC)N(C)C(=O)[C@@H](CC(=O)[C@H](C(C)C)N(C)C(O)CCCCCN)C(C)C. The number of carbonyl (C=O) groups is 4. The molecule has 1 aliphatic rings. The Morgan fingerprint density at radius 1 is 0.900 bits per heavy atom. The normalized spacial score (nSPS) is 20.0. The monoisotopic (exact) mass is 847 g/mol. The first-order valence-corrected chi connectivity index (χ1v) is 22.5. The van der Waals surface area contributed by atoms with Crippen molar-refractivity contribution in [3.63, 3.8) is 0 Å². The van der Waals surface area contributed by atoms with Crippen molar-refractivity contribution in [1.29, 1.82) is 0 Å². The van der Waals surface area contributed by atoms with Crippen LogP contribution in [0.2, 0.25) is 0 Å². The van der Waals surface area contributed by atoms with Gasteiger partial charge in [-0.2, -0.15) is 0 Å². The van der Waals surface area contributed by atoms with E-state index >= 15 is 0 Å². The second-order valence-corrected chi connectivity index (χ2v) is 18.1. The van der Waals surface area contributed by atoms with E-state index in [1.807, 2.05) is 62.9 Å². The number of carboxylic acids is 1. The van der Waals surface area contributed by atoms with Crippen LogP contribution in [0.25, 0.3) is 0 Å². The van der Waals surface area contributed by atoms with E-state index < -0.39 is 60.5 Å². The predicted octanol–water partition coefficient (Wildman–Crippen LogP) is 5.63. The van der Waals surface area contributed by atoms with Crippen molar-refractivity contribution in [3.05, 3.63) is 35.9 Å². The molecule has 0 spiro atoms. The second kappa shape index (κ2) is 26.6. The number of likely N-dealkylation sites (N-methyl/N-ethyl adjacent to an activating group) is 2. The highest BCUT2D eigenvalue weighted by atomic mass is 16.5. The minimum Gasteiger partial charge on any atom is -0.481 e. The summed E-state index contributed by atoms with van der Waals surface area (Å²) in [5.41, 5.74) is 6.49. The van der Waals surface area contributed by atoms with E-state index in [1.165, 1.54) is 0 Å². The minimum atomic E-state index is -1.02. The van der Waals surface area contributed by atoms with Gasteiger partial charge in [0.1, 0.15) is 18.2 Å². The summed E-state index contributed by atoms with van der Waals surface area (Å²) in [5.74, 6) is -3.78. The summed E-state index contributed by atoms with van der Waals surface area (Å²) in [6, 6.07) is 8.01. The molecule has 344 valence electrons. The number of hydrogen-bond donors (Lipinski definition) is 4. The van der Waals surface area contributed by atoms with E-state index in [0.29, 0.717) is 25.9 Å². The molecule has 0 aromatic heterocycles. The van der Waals surface area contributed by atoms with E-state index in [4.69, 9.17) is 15.2 Å². The number of unbranched alkanes of at least 4 members (excludes halogenated alkanes) is 2. The average Bonchev–Trinajstić information content (AvgIpc) is 3.70. The lowest BCUT2D eigenvalue weighted by Gasteiger charge is -2.42. The topological polar surface area (TPSA) is 183 Å². The standard InChI is InChI=1S/C47H82N4O9/c1-12-32(6)44(50(9)46(56)36(30(2)3)28-39(53)43(31(4)5)49(8)41(54)23-17-14-18-24-48)40(59-10)29-42(55)51-25-19-22-37(51)45(60-11)33(7)38(52)27-35(47(57)58)26-34-20-15-13-16-21-34/h13,15-16,20-21,30-33,35-37,40-45,54-55H,12,14,17-19,22-29,48H2,1-11H3,(H,57,58)/t32-,33-,35+,36-,37-,40+,41?,42?,43-,44-,45?/m0/s1. The van der Waals surface area contributed by atoms with Gasteiger partial charge in [0.05, 0.1) is 30.2 Å². The van der Waals surface area contributed by atoms with Crippen LogP contribution in [0.15, 0.2) is 30.3 Å². The van der Waals surface area contributed by atoms with Crippen LogP contribution >= 0.6 is 0 Å². The summed E-state index contributed by atoms with van der Waals surface area (Å²) in [4.78, 5) is 60.0. The van der Waals surface area contributed by atoms with E-state index in [-0.39, 0.29) is 67.0 Å². The van der Waals surface area contributed by atoms with Crippen LogP contribution in [0.4, 0.5) is 0 Å². The van der Waals surface area contributed by atoms with Crippen LogP contribution in [0, 0.1) is 35.5 Å². The maximum absolute atomic E-state index is 14.6. The first kappa shape index (κ1) is 53.4. The molecule has 0 bridgehead atoms. The Labute approximate surface area is 361 Å². The van der Waals surface area contributed by atoms with Crippen molar-refractivity contribution >= 4 is 23.4 Å². The number of aliphatic carboxylic acids is 1. The highest BCUT2D eigenvalue weighted by Crippen LogP contribution is 2.33. The number of nitrogens with two attached hydrogens (primary N) is 1. The molecule has 1 aliphatic heterocycles. The molecule has 60 heavy (non-hydrogen) atoms. The van der Waals surface area contributed by atoms with Gasteiger partial charge in [-0.15, -0.1) is 0 Å². The number of benzene rings is 1. The van der Waals surface area contributed by atoms with Crippen LogP contribution in [0.5, 0.6) is 0 Å². The number of amides is 1. The number of carbonyl (C=O) groups excluding carboxylic acids is 3. The van der Waals surface area contributed by atoms with Crippen LogP contribution in [-0.2, 0) is 35.1 Å². The summed E-state index contributed by atoms with van der Waals surface area (Å²) in [6.07, 6.45) is 2.78. The van der Waals surface area contributed by atoms with Crippen LogP contribution in [0.3, 0.4) is 0 Å². The number of carboxylic acid groups (broad SMARTS) is 1. The Balaban J connectivity index is 2.27. The summed E-state index contributed by atoms with van der Waals surface area (Å²) >= 11 is 0. The molecular formula is C47H82N4O9. The zero-order chi connectivity index (χ0) is 45.3. The number of ether oxygens (including phenoxy) is 2. The molecule has 0 radical (unpaired) electrons. The first-order valence-electron chi connectivity index (χ1n) is 22.5. The van der Waals surface area contributed by atoms with Gasteiger partial charge in [0, 0.05) is 65.0 Å². The van der Waals surface area contributed by atoms with Crippen LogP contribution < -0.4 is 5.73 Å². The predicted molar refractivity (Wildman–Crippen MR) is 236 cm³/mol. The van der Waals surface area contributed by atoms with Gasteiger partial charge in [0.2, 0.25) is 5.91 Å². The molecule has 1 aromatic carbocycles. The molecule has 11 atom stereocenters. The van der Waals surface area contributed by atoms with Gasteiger partial charge in [-0.1, -0.05) is 91.6 Å². The van der Waals surface area contributed by atoms with Gasteiger partial charge in [-0.05, 0) is 75.4 Å². The summed E-state index contributed by atoms with van der Waals surface area (Å²) in [6.45, 7) is 14.9. The van der Waals surface area contributed by atoms with Gasteiger partial charge in [-0.3, -0.25) is 29.0 Å². The third-order valence-corrected chi connectivity index (χ3v) is 13.2. The van der Waals surface area contributed by atoms with Crippen LogP contribution in [0.1, 0.15) is 118 Å². The van der Waals surface area contributed by atoms with Crippen molar-refractivity contribution in [2.75, 3.05) is 41.4 Å². The van der Waals surface area contributed by atoms with Crippen LogP contribution in [-0.4, -0.2) is 138 Å². The Morgan fingerprint density at radius 2 is 1.55 bits per heavy atom. The molecule has 0 aliphatic carbocycles. The fourth-order valence-corrected chi connectivity index (χ4v) is 9.41. The Morgan fingerprint density at radius 3 is 2.08 bits per heavy atom. The summed E-state index contributed by atoms with van der Waals surface area (Å²) in [7, 11) is 6.69. The molecule has 1 amide bonds. The molecule has 13 heteroatoms. The summed E-state index contributed by atoms with van der Waals surface area (Å²) in [5, 5.41) is 33.0. The zero-order valence-corrected chi connectivity index (χ0v) is 38.8. The molecule has 2 rings (SSSR count). The molecule has 1 saturated heterocycles. The smallest absolute Gasteiger partial charge is 0.307 e. The lowest BCUT2D eigenvalue weighted by molar-refractivity contribution is -0.149. The Hall–Kier alpha value is -2.78. The highest BCUT2D eigenvalue weighted by molar-refractivity contribution is 5.90. The maximum atomic E-state index is 14.6. The van der Waals surface area contributed by atoms with Gasteiger partial charge < -0.3 is 35.4 Å². The number of aliphatic hydroxyl groups excluding tert-OH is 2. The van der Waals surface area contributed by atoms with E-state index in [1.54, 1.807) is 45.0 Å². The molecule has 1 fully saturated rings. The number of aliphatic hydroxyl groups is 2. The molecular weight excluding hydrogens is 765 g/mol. The third-order valence-electron chi connectivity index (χ3n) is 13.2. The zero-order valence-electron chi connectivity index (χ0n) is 38.8. The lowest BCUT2D eigenvalue weighted by atomic mass is 9.83. The molecule has 1 heterocycles. The second-order valence-electron chi connectivity index (χ2n) is 18.1. The van der Waals surface area contributed by atoms with Crippen molar-refractivity contribution in [2.45, 2.75) is 162 Å². The summed E-state index contributed by atoms with van der Waals surface area (Å²) < 4.78 is 12.1. The van der Waals surface area contributed by atoms with Gasteiger partial charge in [0.15, 0.2) is 5.78 Å². The molecule has 5 N–H and O–H groups in total. The quantitative estimate of drug-likeness (QED) is 0.0555. The molecule has 0 saturated carbocycles. The molecule has 3 unspecified atom stereocenters. The highest BCUT2D eigenvalue weighted by Gasteiger charge is 2.44. The molecule has 13 nitrogen and oxygen atoms in total. The van der Waals surface area contributed by atoms with Gasteiger partial charge >= 0.3 is 5.97 Å². The number of likely N-dealkylation sites (tertiary alicyclic amines) is 1. The Bertz CT molecular complexity index is 1430. The van der Waals surface area contributed by atoms with Gasteiger partial charge in [-0.25, -0.2) is 0 Å². The molecule has 1 aromatic rings. The fraction of sp³-hybridized carbons (Fsp3) is 0.787. The minimum absolute atomic E-state index is 0.0135. The third kappa shape index (κ3) is 15.2. The number of rotatable bonds is 30. The average molecular weight is 847 g/mol. The van der Waals surface area contributed by atoms with Crippen molar-refractivity contribution < 1.29 is 44.0 Å². The van der Waals surface area contributed by atoms with Crippen molar-refractivity contribution in [1.82, 2.24) is 14.7 Å². The van der Waals surface area contributed by atoms with E-state index in [9.17, 15) is 34.5 Å². The number of Topliss-reactive ketones (excluding diaryl/α,β-unsaturated/α-hetero) is 2. The largest absolute Gasteiger partial charge is 0.481 e. The van der Waals surface area contributed by atoms with Crippen molar-refractivity contribution in [2.24, 2.45) is 41.2 Å². The lowest BCUT2D eigenvalue weighted by Crippen LogP contribution is -2.55. The number of ketones is 2. The number of nitrogens with zero attached hydrogens (tertiary/aromatic N) is 3. The Kier molecular flexibility index (Phi) is 23.7. The van der Waals surface area contributed by atoms with E-state index in [0.717, 1.165) is 37.7 Å².